The van der Waals surface area contributed by atoms with E-state index in [-0.39, 0.29) is 35.3 Å². The van der Waals surface area contributed by atoms with Crippen molar-refractivity contribution in [3.63, 3.8) is 0 Å². The Kier molecular flexibility index (Phi) is 11.6. The van der Waals surface area contributed by atoms with E-state index in [1.165, 1.54) is 12.0 Å². The van der Waals surface area contributed by atoms with Crippen molar-refractivity contribution in [2.24, 2.45) is 10.4 Å². The number of hydrogen-bond acceptors (Lipinski definition) is 2. The summed E-state index contributed by atoms with van der Waals surface area (Å²) in [4.78, 5) is 17.9. The average Bonchev–Trinajstić information content (AvgIpc) is 2.74. The molecule has 0 bridgehead atoms. The average molecular weight is 537 g/mol. The number of nitrogens with zero attached hydrogens (tertiary/aromatic N) is 2. The molecule has 31 heavy (non-hydrogen) atoms. The second-order valence-corrected chi connectivity index (χ2v) is 8.68. The number of rotatable bonds is 9. The molecule has 0 saturated heterocycles. The smallest absolute Gasteiger partial charge is 0.253 e. The fourth-order valence-electron chi connectivity index (χ4n) is 3.26. The molecule has 0 spiro atoms. The molecule has 2 rings (SSSR count). The summed E-state index contributed by atoms with van der Waals surface area (Å²) in [7, 11) is 5.31. The fourth-order valence-corrected chi connectivity index (χ4v) is 3.26. The van der Waals surface area contributed by atoms with Gasteiger partial charge >= 0.3 is 0 Å². The number of aryl methyl sites for hydroxylation is 1. The molecule has 0 saturated carbocycles. The number of amides is 1. The standard InChI is InChI=1S/C25H36N4O.HI/c1-25(2,17-9-12-20-10-7-6-8-11-20)19-28-24(26-3)27-18-21-13-15-22(16-14-21)23(30)29(4)5;/h6-8,10-11,13-16H,9,12,17-19H2,1-5H3,(H2,26,27,28);1H. The van der Waals surface area contributed by atoms with Gasteiger partial charge in [0.25, 0.3) is 5.91 Å². The van der Waals surface area contributed by atoms with Crippen LogP contribution in [0.2, 0.25) is 0 Å². The predicted molar refractivity (Wildman–Crippen MR) is 141 cm³/mol. The number of carbonyl (C=O) groups excluding carboxylic acids is 1. The lowest BCUT2D eigenvalue weighted by atomic mass is 9.86. The molecular formula is C25H37IN4O. The van der Waals surface area contributed by atoms with Crippen LogP contribution in [0, 0.1) is 5.41 Å². The summed E-state index contributed by atoms with van der Waals surface area (Å²) < 4.78 is 0. The molecule has 170 valence electrons. The largest absolute Gasteiger partial charge is 0.356 e. The minimum Gasteiger partial charge on any atom is -0.356 e. The van der Waals surface area contributed by atoms with E-state index >= 15 is 0 Å². The number of hydrogen-bond donors (Lipinski definition) is 2. The Labute approximate surface area is 204 Å². The molecule has 0 unspecified atom stereocenters. The Morgan fingerprint density at radius 2 is 1.61 bits per heavy atom. The van der Waals surface area contributed by atoms with Gasteiger partial charge in [-0.2, -0.15) is 0 Å². The molecule has 0 aliphatic heterocycles. The number of carbonyl (C=O) groups is 1. The maximum Gasteiger partial charge on any atom is 0.253 e. The highest BCUT2D eigenvalue weighted by Crippen LogP contribution is 2.22. The molecular weight excluding hydrogens is 499 g/mol. The van der Waals surface area contributed by atoms with Gasteiger partial charge in [0.1, 0.15) is 0 Å². The van der Waals surface area contributed by atoms with Gasteiger partial charge in [-0.1, -0.05) is 56.3 Å². The lowest BCUT2D eigenvalue weighted by Crippen LogP contribution is -2.41. The number of nitrogens with one attached hydrogen (secondary N) is 2. The van der Waals surface area contributed by atoms with E-state index < -0.39 is 0 Å². The van der Waals surface area contributed by atoms with Crippen LogP contribution in [0.5, 0.6) is 0 Å². The topological polar surface area (TPSA) is 56.7 Å². The molecule has 6 heteroatoms. The second-order valence-electron chi connectivity index (χ2n) is 8.68. The third-order valence-electron chi connectivity index (χ3n) is 5.19. The highest BCUT2D eigenvalue weighted by Gasteiger charge is 2.18. The van der Waals surface area contributed by atoms with Crippen LogP contribution in [0.4, 0.5) is 0 Å². The molecule has 0 radical (unpaired) electrons. The summed E-state index contributed by atoms with van der Waals surface area (Å²) in [5.74, 6) is 0.807. The van der Waals surface area contributed by atoms with Crippen molar-refractivity contribution in [3.05, 3.63) is 71.3 Å². The second kappa shape index (κ2) is 13.3. The SMILES string of the molecule is CN=C(NCc1ccc(C(=O)N(C)C)cc1)NCC(C)(C)CCCc1ccccc1.I. The first-order chi connectivity index (χ1) is 14.3. The van der Waals surface area contributed by atoms with Crippen molar-refractivity contribution in [1.29, 1.82) is 0 Å². The van der Waals surface area contributed by atoms with Crippen molar-refractivity contribution in [2.75, 3.05) is 27.7 Å². The Morgan fingerprint density at radius 1 is 0.968 bits per heavy atom. The maximum atomic E-state index is 12.0. The van der Waals surface area contributed by atoms with E-state index in [2.05, 4.69) is 59.8 Å². The molecule has 0 aliphatic rings. The predicted octanol–water partition coefficient (Wildman–Crippen LogP) is 4.72. The van der Waals surface area contributed by atoms with Crippen molar-refractivity contribution < 1.29 is 4.79 Å². The Balaban J connectivity index is 0.00000480. The van der Waals surface area contributed by atoms with Gasteiger partial charge in [-0.05, 0) is 47.9 Å². The van der Waals surface area contributed by atoms with Gasteiger partial charge in [-0.25, -0.2) is 0 Å². The van der Waals surface area contributed by atoms with Crippen LogP contribution in [-0.4, -0.2) is 44.5 Å². The molecule has 2 aromatic rings. The summed E-state index contributed by atoms with van der Waals surface area (Å²) >= 11 is 0. The normalized spacial score (nSPS) is 11.5. The van der Waals surface area contributed by atoms with E-state index in [0.717, 1.165) is 30.9 Å². The van der Waals surface area contributed by atoms with E-state index in [9.17, 15) is 4.79 Å². The molecule has 0 aliphatic carbocycles. The Morgan fingerprint density at radius 3 is 2.19 bits per heavy atom. The van der Waals surface area contributed by atoms with Crippen molar-refractivity contribution in [3.8, 4) is 0 Å². The van der Waals surface area contributed by atoms with Gasteiger partial charge in [0.15, 0.2) is 5.96 Å². The van der Waals surface area contributed by atoms with Crippen LogP contribution in [0.25, 0.3) is 0 Å². The van der Waals surface area contributed by atoms with Crippen LogP contribution >= 0.6 is 24.0 Å². The molecule has 5 nitrogen and oxygen atoms in total. The highest BCUT2D eigenvalue weighted by molar-refractivity contribution is 14.0. The lowest BCUT2D eigenvalue weighted by Gasteiger charge is -2.26. The van der Waals surface area contributed by atoms with E-state index in [4.69, 9.17) is 0 Å². The Bertz CT molecular complexity index is 817. The summed E-state index contributed by atoms with van der Waals surface area (Å²) in [5.41, 5.74) is 3.39. The molecule has 0 heterocycles. The van der Waals surface area contributed by atoms with Crippen LogP contribution < -0.4 is 10.6 Å². The third kappa shape index (κ3) is 9.72. The molecule has 1 amide bonds. The zero-order valence-corrected chi connectivity index (χ0v) is 21.8. The lowest BCUT2D eigenvalue weighted by molar-refractivity contribution is 0.0827. The van der Waals surface area contributed by atoms with Crippen LogP contribution in [0.1, 0.15) is 48.2 Å². The first-order valence-electron chi connectivity index (χ1n) is 10.6. The van der Waals surface area contributed by atoms with E-state index in [1.54, 1.807) is 26.0 Å². The summed E-state index contributed by atoms with van der Waals surface area (Å²) in [6, 6.07) is 18.3. The third-order valence-corrected chi connectivity index (χ3v) is 5.19. The molecule has 0 atom stereocenters. The van der Waals surface area contributed by atoms with Gasteiger partial charge in [0.05, 0.1) is 0 Å². The fraction of sp³-hybridized carbons (Fsp3) is 0.440. The highest BCUT2D eigenvalue weighted by atomic mass is 127. The van der Waals surface area contributed by atoms with Gasteiger partial charge in [0, 0.05) is 39.8 Å². The summed E-state index contributed by atoms with van der Waals surface area (Å²) in [5, 5.41) is 6.81. The van der Waals surface area contributed by atoms with Crippen molar-refractivity contribution in [1.82, 2.24) is 15.5 Å². The number of benzene rings is 2. The van der Waals surface area contributed by atoms with E-state index in [0.29, 0.717) is 12.1 Å². The molecule has 2 aromatic carbocycles. The maximum absolute atomic E-state index is 12.0. The van der Waals surface area contributed by atoms with Gasteiger partial charge in [0.2, 0.25) is 0 Å². The molecule has 2 N–H and O–H groups in total. The Hall–Kier alpha value is -2.09. The van der Waals surface area contributed by atoms with Crippen molar-refractivity contribution in [2.45, 2.75) is 39.7 Å². The first kappa shape index (κ1) is 26.9. The van der Waals surface area contributed by atoms with Gasteiger partial charge < -0.3 is 15.5 Å². The van der Waals surface area contributed by atoms with Crippen molar-refractivity contribution >= 4 is 35.8 Å². The minimum absolute atomic E-state index is 0. The number of guanidine groups is 1. The molecule has 0 fully saturated rings. The zero-order chi connectivity index (χ0) is 22.0. The van der Waals surface area contributed by atoms with E-state index in [1.807, 2.05) is 24.3 Å². The van der Waals surface area contributed by atoms with Gasteiger partial charge in [-0.3, -0.25) is 9.79 Å². The van der Waals surface area contributed by atoms with Crippen LogP contribution in [0.3, 0.4) is 0 Å². The molecule has 0 aromatic heterocycles. The van der Waals surface area contributed by atoms with Crippen LogP contribution in [-0.2, 0) is 13.0 Å². The van der Waals surface area contributed by atoms with Gasteiger partial charge in [-0.15, -0.1) is 24.0 Å². The quantitative estimate of drug-likeness (QED) is 0.277. The number of aliphatic imine (C=N–C) groups is 1. The van der Waals surface area contributed by atoms with Crippen LogP contribution in [0.15, 0.2) is 59.6 Å². The first-order valence-corrected chi connectivity index (χ1v) is 10.6. The monoisotopic (exact) mass is 536 g/mol. The summed E-state index contributed by atoms with van der Waals surface area (Å²) in [6.07, 6.45) is 3.43. The summed E-state index contributed by atoms with van der Waals surface area (Å²) in [6.45, 7) is 6.10. The zero-order valence-electron chi connectivity index (χ0n) is 19.4. The number of halogens is 1. The minimum atomic E-state index is 0.